The highest BCUT2D eigenvalue weighted by Gasteiger charge is 2.21. The molecule has 9 rings (SSSR count). The van der Waals surface area contributed by atoms with Gasteiger partial charge in [0.15, 0.2) is 5.58 Å². The fourth-order valence-corrected chi connectivity index (χ4v) is 6.54. The van der Waals surface area contributed by atoms with Crippen molar-refractivity contribution in [1.82, 2.24) is 9.13 Å². The van der Waals surface area contributed by atoms with Crippen molar-refractivity contribution in [3.63, 3.8) is 0 Å². The average molecular weight is 499 g/mol. The lowest BCUT2D eigenvalue weighted by molar-refractivity contribution is 0.666. The van der Waals surface area contributed by atoms with Gasteiger partial charge in [-0.15, -0.1) is 0 Å². The summed E-state index contributed by atoms with van der Waals surface area (Å²) in [6.45, 7) is 0. The number of hydrogen-bond acceptors (Lipinski definition) is 1. The van der Waals surface area contributed by atoms with Crippen LogP contribution < -0.4 is 0 Å². The first-order chi connectivity index (χ1) is 19.4. The Kier molecular flexibility index (Phi) is 4.05. The van der Waals surface area contributed by atoms with Crippen molar-refractivity contribution in [3.05, 3.63) is 133 Å². The zero-order valence-electron chi connectivity index (χ0n) is 21.0. The fourth-order valence-electron chi connectivity index (χ4n) is 6.54. The molecule has 0 saturated carbocycles. The van der Waals surface area contributed by atoms with Crippen molar-refractivity contribution in [2.75, 3.05) is 0 Å². The molecular formula is C36H22N2O. The summed E-state index contributed by atoms with van der Waals surface area (Å²) < 4.78 is 11.3. The predicted octanol–water partition coefficient (Wildman–Crippen LogP) is 9.78. The van der Waals surface area contributed by atoms with E-state index in [9.17, 15) is 0 Å². The van der Waals surface area contributed by atoms with Crippen LogP contribution in [0.5, 0.6) is 0 Å². The van der Waals surface area contributed by atoms with Gasteiger partial charge in [-0.05, 0) is 42.5 Å². The van der Waals surface area contributed by atoms with Gasteiger partial charge in [-0.3, -0.25) is 0 Å². The van der Waals surface area contributed by atoms with Crippen LogP contribution in [0.1, 0.15) is 0 Å². The van der Waals surface area contributed by atoms with Crippen LogP contribution in [0, 0.1) is 0 Å². The summed E-state index contributed by atoms with van der Waals surface area (Å²) in [5.74, 6) is 0. The van der Waals surface area contributed by atoms with Gasteiger partial charge in [0.1, 0.15) is 5.58 Å². The lowest BCUT2D eigenvalue weighted by Crippen LogP contribution is -1.96. The third kappa shape index (κ3) is 2.71. The van der Waals surface area contributed by atoms with Crippen LogP contribution in [0.4, 0.5) is 0 Å². The molecule has 9 aromatic rings. The molecular weight excluding hydrogens is 476 g/mol. The number of furan rings is 1. The minimum Gasteiger partial charge on any atom is -0.454 e. The molecule has 0 bridgehead atoms. The number of nitrogens with zero attached hydrogens (tertiary/aromatic N) is 2. The molecule has 3 nitrogen and oxygen atoms in total. The van der Waals surface area contributed by atoms with E-state index in [1.807, 2.05) is 12.1 Å². The Balaban J connectivity index is 1.46. The molecule has 0 radical (unpaired) electrons. The number of aromatic nitrogens is 2. The second kappa shape index (κ2) is 7.62. The highest BCUT2D eigenvalue weighted by Crippen LogP contribution is 2.41. The van der Waals surface area contributed by atoms with Crippen molar-refractivity contribution < 1.29 is 4.42 Å². The standard InChI is InChI=1S/C36H22N2O/c1-5-16-28-23(11-1)24-12-2-6-17-29(24)37(28)31-19-10-20-32-35(31)27-14-3-7-18-30(27)38(32)33-21-9-15-26-25-13-4-8-22-34(25)39-36(26)33/h1-22H. The second-order valence-corrected chi connectivity index (χ2v) is 10.1. The Bertz CT molecular complexity index is 2350. The number of hydrogen-bond donors (Lipinski definition) is 0. The van der Waals surface area contributed by atoms with E-state index in [0.717, 1.165) is 38.7 Å². The largest absolute Gasteiger partial charge is 0.454 e. The van der Waals surface area contributed by atoms with Gasteiger partial charge in [-0.25, -0.2) is 0 Å². The van der Waals surface area contributed by atoms with Crippen molar-refractivity contribution in [1.29, 1.82) is 0 Å². The van der Waals surface area contributed by atoms with Gasteiger partial charge >= 0.3 is 0 Å². The molecule has 3 heteroatoms. The maximum absolute atomic E-state index is 6.50. The number of rotatable bonds is 2. The van der Waals surface area contributed by atoms with Crippen molar-refractivity contribution in [2.24, 2.45) is 0 Å². The highest BCUT2D eigenvalue weighted by atomic mass is 16.3. The first kappa shape index (κ1) is 20.7. The van der Waals surface area contributed by atoms with Gasteiger partial charge in [-0.2, -0.15) is 0 Å². The summed E-state index contributed by atoms with van der Waals surface area (Å²) in [4.78, 5) is 0. The van der Waals surface area contributed by atoms with Crippen LogP contribution in [0.2, 0.25) is 0 Å². The topological polar surface area (TPSA) is 23.0 Å². The van der Waals surface area contributed by atoms with Crippen LogP contribution >= 0.6 is 0 Å². The Morgan fingerprint density at radius 1 is 0.359 bits per heavy atom. The van der Waals surface area contributed by atoms with E-state index >= 15 is 0 Å². The summed E-state index contributed by atoms with van der Waals surface area (Å²) in [6.07, 6.45) is 0. The van der Waals surface area contributed by atoms with Gasteiger partial charge in [-0.1, -0.05) is 91.0 Å². The Hall–Kier alpha value is -5.28. The third-order valence-corrected chi connectivity index (χ3v) is 8.12. The quantitative estimate of drug-likeness (QED) is 0.233. The molecule has 0 saturated heterocycles. The molecule has 0 aliphatic heterocycles. The third-order valence-electron chi connectivity index (χ3n) is 8.12. The first-order valence-electron chi connectivity index (χ1n) is 13.3. The summed E-state index contributed by atoms with van der Waals surface area (Å²) in [5, 5.41) is 7.25. The maximum atomic E-state index is 6.50. The molecule has 0 aliphatic carbocycles. The van der Waals surface area contributed by atoms with E-state index < -0.39 is 0 Å². The van der Waals surface area contributed by atoms with Crippen molar-refractivity contribution in [2.45, 2.75) is 0 Å². The number of fused-ring (bicyclic) bond motifs is 9. The Morgan fingerprint density at radius 3 is 1.59 bits per heavy atom. The van der Waals surface area contributed by atoms with E-state index in [4.69, 9.17) is 4.42 Å². The lowest BCUT2D eigenvalue weighted by Gasteiger charge is -2.11. The minimum absolute atomic E-state index is 0.906. The number of para-hydroxylation sites is 5. The molecule has 3 aromatic heterocycles. The first-order valence-corrected chi connectivity index (χ1v) is 13.3. The zero-order valence-corrected chi connectivity index (χ0v) is 21.0. The maximum Gasteiger partial charge on any atom is 0.159 e. The lowest BCUT2D eigenvalue weighted by atomic mass is 10.1. The molecule has 0 fully saturated rings. The Labute approximate surface area is 223 Å². The minimum atomic E-state index is 0.906. The molecule has 0 spiro atoms. The summed E-state index contributed by atoms with van der Waals surface area (Å²) in [6, 6.07) is 47.5. The van der Waals surface area contributed by atoms with E-state index in [0.29, 0.717) is 0 Å². The monoisotopic (exact) mass is 498 g/mol. The van der Waals surface area contributed by atoms with Crippen molar-refractivity contribution >= 4 is 65.6 Å². The normalized spacial score (nSPS) is 12.1. The Morgan fingerprint density at radius 2 is 0.846 bits per heavy atom. The van der Waals surface area contributed by atoms with E-state index in [1.54, 1.807) is 0 Å². The second-order valence-electron chi connectivity index (χ2n) is 10.1. The summed E-state index contributed by atoms with van der Waals surface area (Å²) >= 11 is 0. The van der Waals surface area contributed by atoms with Crippen molar-refractivity contribution in [3.8, 4) is 11.4 Å². The van der Waals surface area contributed by atoms with Gasteiger partial charge in [0.05, 0.1) is 33.4 Å². The fraction of sp³-hybridized carbons (Fsp3) is 0. The molecule has 39 heavy (non-hydrogen) atoms. The zero-order chi connectivity index (χ0) is 25.5. The average Bonchev–Trinajstić information content (AvgIpc) is 3.65. The smallest absolute Gasteiger partial charge is 0.159 e. The molecule has 6 aromatic carbocycles. The molecule has 0 atom stereocenters. The van der Waals surface area contributed by atoms with Gasteiger partial charge < -0.3 is 13.6 Å². The summed E-state index contributed by atoms with van der Waals surface area (Å²) in [5.41, 5.74) is 8.78. The molecule has 0 unspecified atom stereocenters. The van der Waals surface area contributed by atoms with Gasteiger partial charge in [0, 0.05) is 32.3 Å². The number of benzene rings is 6. The van der Waals surface area contributed by atoms with Crippen LogP contribution in [0.15, 0.2) is 138 Å². The molecule has 0 amide bonds. The van der Waals surface area contributed by atoms with Crippen LogP contribution in [-0.4, -0.2) is 9.13 Å². The van der Waals surface area contributed by atoms with Gasteiger partial charge in [0.2, 0.25) is 0 Å². The molecule has 0 aliphatic rings. The highest BCUT2D eigenvalue weighted by molar-refractivity contribution is 6.17. The molecule has 0 N–H and O–H groups in total. The predicted molar refractivity (Wildman–Crippen MR) is 162 cm³/mol. The van der Waals surface area contributed by atoms with E-state index in [-0.39, 0.29) is 0 Å². The van der Waals surface area contributed by atoms with Crippen LogP contribution in [0.25, 0.3) is 76.9 Å². The van der Waals surface area contributed by atoms with E-state index in [1.165, 1.54) is 38.3 Å². The summed E-state index contributed by atoms with van der Waals surface area (Å²) in [7, 11) is 0. The van der Waals surface area contributed by atoms with Crippen LogP contribution in [-0.2, 0) is 0 Å². The molecule has 3 heterocycles. The van der Waals surface area contributed by atoms with Crippen LogP contribution in [0.3, 0.4) is 0 Å². The molecule has 182 valence electrons. The van der Waals surface area contributed by atoms with Gasteiger partial charge in [0.25, 0.3) is 0 Å². The van der Waals surface area contributed by atoms with E-state index in [2.05, 4.69) is 130 Å². The SMILES string of the molecule is c1ccc2c(c1)oc1c(-n3c4ccccc4c4c(-n5c6ccccc6c6ccccc65)cccc43)cccc12.